The van der Waals surface area contributed by atoms with Gasteiger partial charge in [0.1, 0.15) is 5.75 Å². The number of benzene rings is 2. The van der Waals surface area contributed by atoms with Crippen molar-refractivity contribution in [3.05, 3.63) is 59.2 Å². The maximum atomic E-state index is 14.2. The van der Waals surface area contributed by atoms with Crippen molar-refractivity contribution in [1.82, 2.24) is 15.1 Å². The van der Waals surface area contributed by atoms with Crippen LogP contribution in [0.2, 0.25) is 0 Å². The number of urea groups is 1. The molecular formula is C34H49F3N4O5. The van der Waals surface area contributed by atoms with E-state index in [1.54, 1.807) is 30.0 Å². The number of carbonyl (C=O) groups is 2. The number of amides is 3. The van der Waals surface area contributed by atoms with Crippen LogP contribution in [0.1, 0.15) is 75.4 Å². The zero-order chi connectivity index (χ0) is 34.0. The highest BCUT2D eigenvalue weighted by atomic mass is 19.4. The van der Waals surface area contributed by atoms with Gasteiger partial charge in [-0.25, -0.2) is 4.79 Å². The number of carbonyl (C=O) groups excluding carboxylic acids is 2. The summed E-state index contributed by atoms with van der Waals surface area (Å²) in [7, 11) is 1.89. The first kappa shape index (κ1) is 37.1. The number of nitrogens with zero attached hydrogens (tertiary/aromatic N) is 2. The highest BCUT2D eigenvalue weighted by Gasteiger charge is 2.31. The molecule has 256 valence electrons. The van der Waals surface area contributed by atoms with E-state index in [4.69, 9.17) is 9.47 Å². The van der Waals surface area contributed by atoms with Crippen LogP contribution in [-0.2, 0) is 17.5 Å². The second-order valence-electron chi connectivity index (χ2n) is 12.7. The molecule has 0 unspecified atom stereocenters. The van der Waals surface area contributed by atoms with Crippen LogP contribution in [0.4, 0.5) is 23.7 Å². The molecule has 3 rings (SSSR count). The Labute approximate surface area is 270 Å². The van der Waals surface area contributed by atoms with Gasteiger partial charge in [-0.15, -0.1) is 0 Å². The third-order valence-electron chi connectivity index (χ3n) is 7.95. The maximum absolute atomic E-state index is 14.2. The monoisotopic (exact) mass is 650 g/mol. The molecule has 1 aliphatic rings. The fourth-order valence-electron chi connectivity index (χ4n) is 5.37. The normalized spacial score (nSPS) is 20.9. The molecule has 2 aromatic carbocycles. The number of aliphatic hydroxyl groups excluding tert-OH is 1. The molecule has 0 saturated heterocycles. The number of ether oxygens (including phenoxy) is 2. The molecule has 12 heteroatoms. The van der Waals surface area contributed by atoms with Crippen molar-refractivity contribution in [1.29, 1.82) is 0 Å². The SMILES string of the molecule is CC(C)NC(=O)Nc1ccc2c(c1)C(=O)N([C@@H](C)CO)C[C@H](C)[C@H](CN(C)Cc1ccc(C(F)(F)F)cc1)OCCCC[C@@H](C)O2. The van der Waals surface area contributed by atoms with E-state index in [2.05, 4.69) is 10.6 Å². The number of hydrogen-bond acceptors (Lipinski definition) is 6. The van der Waals surface area contributed by atoms with Gasteiger partial charge in [0.25, 0.3) is 5.91 Å². The molecule has 1 aliphatic heterocycles. The topological polar surface area (TPSA) is 103 Å². The molecule has 0 fully saturated rings. The first-order valence-electron chi connectivity index (χ1n) is 15.9. The summed E-state index contributed by atoms with van der Waals surface area (Å²) in [5.74, 6) is -0.119. The van der Waals surface area contributed by atoms with Crippen LogP contribution in [0, 0.1) is 5.92 Å². The van der Waals surface area contributed by atoms with Gasteiger partial charge in [-0.3, -0.25) is 9.69 Å². The van der Waals surface area contributed by atoms with Gasteiger partial charge >= 0.3 is 12.2 Å². The summed E-state index contributed by atoms with van der Waals surface area (Å²) in [6.45, 7) is 10.8. The lowest BCUT2D eigenvalue weighted by Crippen LogP contribution is -2.47. The van der Waals surface area contributed by atoms with Crippen molar-refractivity contribution in [2.45, 2.75) is 90.9 Å². The summed E-state index contributed by atoms with van der Waals surface area (Å²) in [6.07, 6.45) is -2.50. The van der Waals surface area contributed by atoms with Crippen LogP contribution in [-0.4, -0.2) is 84.5 Å². The highest BCUT2D eigenvalue weighted by molar-refractivity contribution is 5.99. The number of rotatable bonds is 8. The molecule has 0 saturated carbocycles. The summed E-state index contributed by atoms with van der Waals surface area (Å²) in [6, 6.07) is 9.13. The van der Waals surface area contributed by atoms with Crippen molar-refractivity contribution in [2.24, 2.45) is 5.92 Å². The third-order valence-corrected chi connectivity index (χ3v) is 7.95. The molecule has 0 aromatic heterocycles. The Morgan fingerprint density at radius 2 is 1.80 bits per heavy atom. The minimum Gasteiger partial charge on any atom is -0.490 e. The minimum absolute atomic E-state index is 0.0744. The first-order chi connectivity index (χ1) is 21.7. The Morgan fingerprint density at radius 3 is 2.43 bits per heavy atom. The lowest BCUT2D eigenvalue weighted by molar-refractivity contribution is -0.137. The predicted molar refractivity (Wildman–Crippen MR) is 172 cm³/mol. The Bertz CT molecular complexity index is 1270. The molecule has 3 amide bonds. The molecule has 1 heterocycles. The summed E-state index contributed by atoms with van der Waals surface area (Å²) < 4.78 is 51.7. The molecule has 9 nitrogen and oxygen atoms in total. The maximum Gasteiger partial charge on any atom is 0.416 e. The smallest absolute Gasteiger partial charge is 0.416 e. The molecule has 0 bridgehead atoms. The standard InChI is InChI=1S/C34H49F3N4O5/c1-22(2)38-33(44)39-28-14-15-30-29(17-28)32(43)41(24(4)21-42)18-23(3)31(45-16-8-7-9-25(5)46-30)20-40(6)19-26-10-12-27(13-11-26)34(35,36)37/h10-15,17,22-25,31,42H,7-9,16,18-21H2,1-6H3,(H2,38,39,44)/t23-,24-,25+,31-/m0/s1. The number of alkyl halides is 3. The van der Waals surface area contributed by atoms with Crippen LogP contribution in [0.5, 0.6) is 5.75 Å². The van der Waals surface area contributed by atoms with Crippen LogP contribution >= 0.6 is 0 Å². The van der Waals surface area contributed by atoms with Crippen molar-refractivity contribution in [3.8, 4) is 5.75 Å². The molecular weight excluding hydrogens is 601 g/mol. The second-order valence-corrected chi connectivity index (χ2v) is 12.7. The second kappa shape index (κ2) is 17.0. The molecule has 0 spiro atoms. The minimum atomic E-state index is -4.39. The Kier molecular flexibility index (Phi) is 13.7. The van der Waals surface area contributed by atoms with E-state index < -0.39 is 23.8 Å². The fraction of sp³-hybridized carbons (Fsp3) is 0.588. The molecule has 2 aromatic rings. The van der Waals surface area contributed by atoms with Crippen LogP contribution in [0.25, 0.3) is 0 Å². The van der Waals surface area contributed by atoms with E-state index >= 15 is 0 Å². The van der Waals surface area contributed by atoms with Gasteiger partial charge in [-0.05, 0) is 89.9 Å². The Hall–Kier alpha value is -3.35. The van der Waals surface area contributed by atoms with Gasteiger partial charge in [0.05, 0.1) is 36.0 Å². The van der Waals surface area contributed by atoms with Crippen molar-refractivity contribution in [2.75, 3.05) is 38.7 Å². The average molecular weight is 651 g/mol. The summed E-state index contributed by atoms with van der Waals surface area (Å²) in [5.41, 5.74) is 0.758. The number of anilines is 1. The zero-order valence-corrected chi connectivity index (χ0v) is 27.7. The molecule has 4 atom stereocenters. The highest BCUT2D eigenvalue weighted by Crippen LogP contribution is 2.30. The lowest BCUT2D eigenvalue weighted by Gasteiger charge is -2.36. The van der Waals surface area contributed by atoms with Gasteiger partial charge in [0.15, 0.2) is 0 Å². The van der Waals surface area contributed by atoms with Gasteiger partial charge in [-0.1, -0.05) is 19.1 Å². The average Bonchev–Trinajstić information content (AvgIpc) is 2.98. The van der Waals surface area contributed by atoms with E-state index in [9.17, 15) is 27.9 Å². The molecule has 3 N–H and O–H groups in total. The van der Waals surface area contributed by atoms with Crippen molar-refractivity contribution >= 4 is 17.6 Å². The summed E-state index contributed by atoms with van der Waals surface area (Å²) >= 11 is 0. The number of halogens is 3. The molecule has 0 aliphatic carbocycles. The lowest BCUT2D eigenvalue weighted by atomic mass is 10.0. The number of fused-ring (bicyclic) bond motifs is 1. The van der Waals surface area contributed by atoms with E-state index in [1.165, 1.54) is 12.1 Å². The van der Waals surface area contributed by atoms with E-state index in [0.717, 1.165) is 37.0 Å². The summed E-state index contributed by atoms with van der Waals surface area (Å²) in [5, 5.41) is 15.7. The van der Waals surface area contributed by atoms with E-state index in [1.807, 2.05) is 39.6 Å². The Morgan fingerprint density at radius 1 is 1.11 bits per heavy atom. The van der Waals surface area contributed by atoms with Gasteiger partial charge < -0.3 is 30.1 Å². The van der Waals surface area contributed by atoms with Crippen LogP contribution in [0.15, 0.2) is 42.5 Å². The van der Waals surface area contributed by atoms with Gasteiger partial charge in [0, 0.05) is 43.9 Å². The van der Waals surface area contributed by atoms with Gasteiger partial charge in [-0.2, -0.15) is 13.2 Å². The number of likely N-dealkylation sites (N-methyl/N-ethyl adjacent to an activating group) is 1. The molecule has 46 heavy (non-hydrogen) atoms. The Balaban J connectivity index is 1.87. The fourth-order valence-corrected chi connectivity index (χ4v) is 5.37. The third kappa shape index (κ3) is 11.2. The summed E-state index contributed by atoms with van der Waals surface area (Å²) in [4.78, 5) is 30.2. The quantitative estimate of drug-likeness (QED) is 0.316. The van der Waals surface area contributed by atoms with Crippen LogP contribution in [0.3, 0.4) is 0 Å². The van der Waals surface area contributed by atoms with Crippen molar-refractivity contribution in [3.63, 3.8) is 0 Å². The largest absolute Gasteiger partial charge is 0.490 e. The van der Waals surface area contributed by atoms with Gasteiger partial charge in [0.2, 0.25) is 0 Å². The molecule has 0 radical (unpaired) electrons. The number of hydrogen-bond donors (Lipinski definition) is 3. The van der Waals surface area contributed by atoms with E-state index in [0.29, 0.717) is 31.1 Å². The predicted octanol–water partition coefficient (Wildman–Crippen LogP) is 6.16. The van der Waals surface area contributed by atoms with Crippen molar-refractivity contribution < 1.29 is 37.3 Å². The van der Waals surface area contributed by atoms with Crippen LogP contribution < -0.4 is 15.4 Å². The zero-order valence-electron chi connectivity index (χ0n) is 27.7. The van der Waals surface area contributed by atoms with E-state index in [-0.39, 0.29) is 48.8 Å². The first-order valence-corrected chi connectivity index (χ1v) is 15.9. The number of aliphatic hydroxyl groups is 1. The number of nitrogens with one attached hydrogen (secondary N) is 2.